The van der Waals surface area contributed by atoms with Crippen molar-refractivity contribution in [1.29, 1.82) is 0 Å². The fraction of sp³-hybridized carbons (Fsp3) is 0.467. The zero-order valence-electron chi connectivity index (χ0n) is 12.7. The van der Waals surface area contributed by atoms with Gasteiger partial charge in [-0.05, 0) is 32.4 Å². The molecule has 2 aromatic rings. The van der Waals surface area contributed by atoms with E-state index in [1.165, 1.54) is 0 Å². The van der Waals surface area contributed by atoms with Gasteiger partial charge in [-0.25, -0.2) is 0 Å². The van der Waals surface area contributed by atoms with Gasteiger partial charge in [0.05, 0.1) is 12.3 Å². The van der Waals surface area contributed by atoms with Crippen molar-refractivity contribution in [1.82, 2.24) is 19.7 Å². The summed E-state index contributed by atoms with van der Waals surface area (Å²) < 4.78 is 9.01. The maximum absolute atomic E-state index is 12.3. The first kappa shape index (κ1) is 15.3. The summed E-state index contributed by atoms with van der Waals surface area (Å²) >= 11 is 0. The predicted molar refractivity (Wildman–Crippen MR) is 80.6 cm³/mol. The highest BCUT2D eigenvalue weighted by atomic mass is 16.5. The maximum atomic E-state index is 12.3. The molecule has 6 nitrogen and oxygen atoms in total. The Morgan fingerprint density at radius 3 is 2.76 bits per heavy atom. The van der Waals surface area contributed by atoms with Gasteiger partial charge in [-0.2, -0.15) is 5.10 Å². The van der Waals surface area contributed by atoms with Crippen LogP contribution in [0.4, 0.5) is 0 Å². The Morgan fingerprint density at radius 2 is 2.10 bits per heavy atom. The third-order valence-corrected chi connectivity index (χ3v) is 3.06. The van der Waals surface area contributed by atoms with Crippen molar-refractivity contribution in [2.45, 2.75) is 26.4 Å². The van der Waals surface area contributed by atoms with Gasteiger partial charge >= 0.3 is 0 Å². The number of nitrogens with one attached hydrogen (secondary N) is 1. The van der Waals surface area contributed by atoms with E-state index in [4.69, 9.17) is 4.74 Å². The topological polar surface area (TPSA) is 61.1 Å². The van der Waals surface area contributed by atoms with E-state index in [-0.39, 0.29) is 12.0 Å². The molecule has 0 atom stereocenters. The molecule has 114 valence electrons. The largest absolute Gasteiger partial charge is 0.379 e. The molecule has 2 heterocycles. The van der Waals surface area contributed by atoms with Gasteiger partial charge in [-0.3, -0.25) is 9.48 Å². The van der Waals surface area contributed by atoms with Crippen molar-refractivity contribution in [3.05, 3.63) is 36.3 Å². The van der Waals surface area contributed by atoms with Crippen molar-refractivity contribution in [3.63, 3.8) is 0 Å². The summed E-state index contributed by atoms with van der Waals surface area (Å²) in [6, 6.07) is 3.83. The molecular weight excluding hydrogens is 268 g/mol. The lowest BCUT2D eigenvalue weighted by Crippen LogP contribution is -2.26. The highest BCUT2D eigenvalue weighted by Crippen LogP contribution is 2.13. The predicted octanol–water partition coefficient (Wildman–Crippen LogP) is 1.76. The third kappa shape index (κ3) is 3.95. The van der Waals surface area contributed by atoms with E-state index in [1.54, 1.807) is 10.9 Å². The van der Waals surface area contributed by atoms with Crippen LogP contribution in [0.15, 0.2) is 30.7 Å². The van der Waals surface area contributed by atoms with Crippen LogP contribution in [0.3, 0.4) is 0 Å². The van der Waals surface area contributed by atoms with Gasteiger partial charge in [0, 0.05) is 32.6 Å². The molecular formula is C15H22N4O2. The molecule has 0 aliphatic rings. The Hall–Kier alpha value is -2.08. The second kappa shape index (κ2) is 7.08. The van der Waals surface area contributed by atoms with Crippen LogP contribution in [-0.4, -0.2) is 39.5 Å². The first-order valence-electron chi connectivity index (χ1n) is 7.14. The fourth-order valence-electron chi connectivity index (χ4n) is 2.06. The number of rotatable bonds is 7. The number of carbonyl (C=O) groups is 1. The molecule has 0 aromatic carbocycles. The summed E-state index contributed by atoms with van der Waals surface area (Å²) in [4.78, 5) is 12.3. The lowest BCUT2D eigenvalue weighted by molar-refractivity contribution is 0.0757. The van der Waals surface area contributed by atoms with E-state index >= 15 is 0 Å². The van der Waals surface area contributed by atoms with Crippen molar-refractivity contribution in [3.8, 4) is 5.82 Å². The van der Waals surface area contributed by atoms with Gasteiger partial charge in [0.15, 0.2) is 0 Å². The first-order chi connectivity index (χ1) is 10.1. The summed E-state index contributed by atoms with van der Waals surface area (Å²) in [6.45, 7) is 5.23. The van der Waals surface area contributed by atoms with Gasteiger partial charge in [0.25, 0.3) is 5.91 Å². The number of aromatic nitrogens is 3. The monoisotopic (exact) mass is 290 g/mol. The van der Waals surface area contributed by atoms with E-state index in [0.29, 0.717) is 18.7 Å². The smallest absolute Gasteiger partial charge is 0.256 e. The molecule has 1 N–H and O–H groups in total. The fourth-order valence-corrected chi connectivity index (χ4v) is 2.06. The second-order valence-corrected chi connectivity index (χ2v) is 5.12. The Bertz CT molecular complexity index is 573. The number of hydrogen-bond acceptors (Lipinski definition) is 3. The van der Waals surface area contributed by atoms with Gasteiger partial charge < -0.3 is 14.6 Å². The summed E-state index contributed by atoms with van der Waals surface area (Å²) in [5, 5.41) is 7.07. The average Bonchev–Trinajstić information content (AvgIpc) is 3.06. The van der Waals surface area contributed by atoms with Crippen molar-refractivity contribution >= 4 is 5.91 Å². The van der Waals surface area contributed by atoms with Gasteiger partial charge in [0.2, 0.25) is 0 Å². The summed E-state index contributed by atoms with van der Waals surface area (Å²) in [5.74, 6) is 0.646. The molecule has 0 saturated carbocycles. The molecule has 0 aliphatic carbocycles. The SMILES string of the molecule is CC(C)OCCCNC(=O)c1cnn(C)c1-n1cccc1. The molecule has 2 rings (SSSR count). The molecule has 0 unspecified atom stereocenters. The van der Waals surface area contributed by atoms with E-state index in [0.717, 1.165) is 12.2 Å². The normalized spacial score (nSPS) is 11.0. The number of nitrogens with zero attached hydrogens (tertiary/aromatic N) is 3. The van der Waals surface area contributed by atoms with Crippen LogP contribution < -0.4 is 5.32 Å². The number of hydrogen-bond donors (Lipinski definition) is 1. The lowest BCUT2D eigenvalue weighted by Gasteiger charge is -2.09. The minimum atomic E-state index is -0.114. The summed E-state index contributed by atoms with van der Waals surface area (Å²) in [7, 11) is 1.82. The zero-order valence-corrected chi connectivity index (χ0v) is 12.7. The minimum absolute atomic E-state index is 0.114. The molecule has 0 bridgehead atoms. The van der Waals surface area contributed by atoms with Gasteiger partial charge in [0.1, 0.15) is 11.4 Å². The molecule has 21 heavy (non-hydrogen) atoms. The quantitative estimate of drug-likeness (QED) is 0.790. The van der Waals surface area contributed by atoms with Crippen molar-refractivity contribution in [2.75, 3.05) is 13.2 Å². The highest BCUT2D eigenvalue weighted by molar-refractivity contribution is 5.97. The van der Waals surface area contributed by atoms with Crippen LogP contribution in [0.5, 0.6) is 0 Å². The van der Waals surface area contributed by atoms with Crippen LogP contribution >= 0.6 is 0 Å². The molecule has 0 radical (unpaired) electrons. The van der Waals surface area contributed by atoms with Gasteiger partial charge in [-0.1, -0.05) is 0 Å². The Balaban J connectivity index is 1.94. The molecule has 0 aliphatic heterocycles. The molecule has 6 heteroatoms. The van der Waals surface area contributed by atoms with E-state index < -0.39 is 0 Å². The summed E-state index contributed by atoms with van der Waals surface area (Å²) in [5.41, 5.74) is 0.568. The number of aryl methyl sites for hydroxylation is 1. The highest BCUT2D eigenvalue weighted by Gasteiger charge is 2.16. The summed E-state index contributed by atoms with van der Waals surface area (Å²) in [6.07, 6.45) is 6.40. The van der Waals surface area contributed by atoms with Crippen LogP contribution in [0.25, 0.3) is 5.82 Å². The molecule has 2 aromatic heterocycles. The first-order valence-corrected chi connectivity index (χ1v) is 7.14. The minimum Gasteiger partial charge on any atom is -0.379 e. The third-order valence-electron chi connectivity index (χ3n) is 3.06. The zero-order chi connectivity index (χ0) is 15.2. The van der Waals surface area contributed by atoms with Crippen molar-refractivity contribution < 1.29 is 9.53 Å². The van der Waals surface area contributed by atoms with E-state index in [2.05, 4.69) is 10.4 Å². The molecule has 0 spiro atoms. The van der Waals surface area contributed by atoms with Crippen LogP contribution in [0.2, 0.25) is 0 Å². The number of ether oxygens (including phenoxy) is 1. The average molecular weight is 290 g/mol. The van der Waals surface area contributed by atoms with Crippen LogP contribution in [0.1, 0.15) is 30.6 Å². The van der Waals surface area contributed by atoms with E-state index in [1.807, 2.05) is 50.0 Å². The maximum Gasteiger partial charge on any atom is 0.256 e. The van der Waals surface area contributed by atoms with Crippen LogP contribution in [-0.2, 0) is 11.8 Å². The molecule has 1 amide bonds. The standard InChI is InChI=1S/C15H22N4O2/c1-12(2)21-10-6-7-16-14(20)13-11-17-18(3)15(13)19-8-4-5-9-19/h4-5,8-9,11-12H,6-7,10H2,1-3H3,(H,16,20). The lowest BCUT2D eigenvalue weighted by atomic mass is 10.3. The Labute approximate surface area is 124 Å². The Morgan fingerprint density at radius 1 is 1.38 bits per heavy atom. The van der Waals surface area contributed by atoms with Crippen LogP contribution in [0, 0.1) is 0 Å². The molecule has 0 fully saturated rings. The van der Waals surface area contributed by atoms with Crippen molar-refractivity contribution in [2.24, 2.45) is 7.05 Å². The number of amides is 1. The second-order valence-electron chi connectivity index (χ2n) is 5.12. The molecule has 0 saturated heterocycles. The Kier molecular flexibility index (Phi) is 5.16. The van der Waals surface area contributed by atoms with E-state index in [9.17, 15) is 4.79 Å². The van der Waals surface area contributed by atoms with Gasteiger partial charge in [-0.15, -0.1) is 0 Å². The number of carbonyl (C=O) groups excluding carboxylic acids is 1.